The Labute approximate surface area is 92.2 Å². The molecule has 1 fully saturated rings. The zero-order chi connectivity index (χ0) is 11.5. The fourth-order valence-electron chi connectivity index (χ4n) is 1.49. The lowest BCUT2D eigenvalue weighted by Crippen LogP contribution is -2.56. The van der Waals surface area contributed by atoms with Crippen molar-refractivity contribution in [2.45, 2.75) is 12.7 Å². The normalized spacial score (nSPS) is 16.0. The number of pyridine rings is 1. The molecule has 0 amide bonds. The predicted molar refractivity (Wildman–Crippen MR) is 55.9 cm³/mol. The van der Waals surface area contributed by atoms with Gasteiger partial charge in [-0.3, -0.25) is 0 Å². The van der Waals surface area contributed by atoms with Crippen molar-refractivity contribution in [2.24, 2.45) is 0 Å². The third-order valence-corrected chi connectivity index (χ3v) is 2.61. The smallest absolute Gasteiger partial charge is 0.387 e. The molecule has 16 heavy (non-hydrogen) atoms. The largest absolute Gasteiger partial charge is 0.433 e. The van der Waals surface area contributed by atoms with Crippen molar-refractivity contribution < 1.29 is 13.5 Å². The Balaban J connectivity index is 2.00. The standard InChI is InChI=1S/C10H13F2N3O/c1-15(7-4-13-5-7)9-3-2-8(6-14-9)16-10(11)12/h2-3,6-7,10,13H,4-5H2,1H3. The molecule has 1 saturated heterocycles. The topological polar surface area (TPSA) is 37.4 Å². The monoisotopic (exact) mass is 229 g/mol. The second kappa shape index (κ2) is 4.61. The molecule has 0 saturated carbocycles. The van der Waals surface area contributed by atoms with E-state index in [-0.39, 0.29) is 5.75 Å². The number of anilines is 1. The van der Waals surface area contributed by atoms with Gasteiger partial charge in [-0.25, -0.2) is 4.98 Å². The summed E-state index contributed by atoms with van der Waals surface area (Å²) in [6.07, 6.45) is 1.31. The van der Waals surface area contributed by atoms with Crippen molar-refractivity contribution in [3.8, 4) is 5.75 Å². The van der Waals surface area contributed by atoms with Crippen LogP contribution >= 0.6 is 0 Å². The van der Waals surface area contributed by atoms with E-state index >= 15 is 0 Å². The molecular weight excluding hydrogens is 216 g/mol. The summed E-state index contributed by atoms with van der Waals surface area (Å²) in [5.74, 6) is 0.840. The maximum absolute atomic E-state index is 11.9. The van der Waals surface area contributed by atoms with Crippen LogP contribution < -0.4 is 15.0 Å². The number of nitrogens with zero attached hydrogens (tertiary/aromatic N) is 2. The van der Waals surface area contributed by atoms with E-state index in [0.717, 1.165) is 18.9 Å². The van der Waals surface area contributed by atoms with E-state index in [1.54, 1.807) is 6.07 Å². The quantitative estimate of drug-likeness (QED) is 0.838. The molecule has 1 aliphatic rings. The molecule has 88 valence electrons. The highest BCUT2D eigenvalue weighted by Crippen LogP contribution is 2.18. The molecule has 1 aromatic heterocycles. The van der Waals surface area contributed by atoms with Crippen LogP contribution in [0.15, 0.2) is 18.3 Å². The number of hydrogen-bond acceptors (Lipinski definition) is 4. The first kappa shape index (κ1) is 11.1. The van der Waals surface area contributed by atoms with Gasteiger partial charge in [0.1, 0.15) is 11.6 Å². The van der Waals surface area contributed by atoms with E-state index in [0.29, 0.717) is 6.04 Å². The van der Waals surface area contributed by atoms with Gasteiger partial charge in [0.15, 0.2) is 0 Å². The minimum atomic E-state index is -2.80. The summed E-state index contributed by atoms with van der Waals surface area (Å²) >= 11 is 0. The summed E-state index contributed by atoms with van der Waals surface area (Å²) < 4.78 is 28.0. The Bertz CT molecular complexity index is 340. The Kier molecular flexibility index (Phi) is 3.19. The summed E-state index contributed by atoms with van der Waals surface area (Å²) in [5, 5.41) is 3.16. The first-order chi connectivity index (χ1) is 7.66. The zero-order valence-corrected chi connectivity index (χ0v) is 8.86. The first-order valence-corrected chi connectivity index (χ1v) is 5.01. The first-order valence-electron chi connectivity index (χ1n) is 5.01. The van der Waals surface area contributed by atoms with Crippen molar-refractivity contribution in [3.63, 3.8) is 0 Å². The number of hydrogen-bond donors (Lipinski definition) is 1. The maximum atomic E-state index is 11.9. The lowest BCUT2D eigenvalue weighted by molar-refractivity contribution is -0.0500. The summed E-state index contributed by atoms with van der Waals surface area (Å²) in [4.78, 5) is 6.09. The van der Waals surface area contributed by atoms with E-state index in [9.17, 15) is 8.78 Å². The van der Waals surface area contributed by atoms with Crippen LogP contribution in [0.25, 0.3) is 0 Å². The summed E-state index contributed by atoms with van der Waals surface area (Å²) in [6.45, 7) is -0.956. The molecule has 1 aliphatic heterocycles. The SMILES string of the molecule is CN(c1ccc(OC(F)F)cn1)C1CNC1. The van der Waals surface area contributed by atoms with Crippen LogP contribution in [0.2, 0.25) is 0 Å². The van der Waals surface area contributed by atoms with Gasteiger partial charge in [0, 0.05) is 20.1 Å². The van der Waals surface area contributed by atoms with E-state index in [1.165, 1.54) is 12.3 Å². The molecule has 6 heteroatoms. The molecule has 0 atom stereocenters. The summed E-state index contributed by atoms with van der Waals surface area (Å²) in [6, 6.07) is 3.60. The van der Waals surface area contributed by atoms with Crippen molar-refractivity contribution >= 4 is 5.82 Å². The fourth-order valence-corrected chi connectivity index (χ4v) is 1.49. The van der Waals surface area contributed by atoms with E-state index in [1.807, 2.05) is 11.9 Å². The van der Waals surface area contributed by atoms with Gasteiger partial charge >= 0.3 is 6.61 Å². The highest BCUT2D eigenvalue weighted by Gasteiger charge is 2.22. The zero-order valence-electron chi connectivity index (χ0n) is 8.86. The molecule has 0 unspecified atom stereocenters. The average molecular weight is 229 g/mol. The maximum Gasteiger partial charge on any atom is 0.387 e. The number of rotatable bonds is 4. The molecule has 0 aliphatic carbocycles. The number of ether oxygens (including phenoxy) is 1. The molecule has 0 spiro atoms. The number of aromatic nitrogens is 1. The van der Waals surface area contributed by atoms with Gasteiger partial charge < -0.3 is 15.0 Å². The molecule has 1 N–H and O–H groups in total. The van der Waals surface area contributed by atoms with Gasteiger partial charge in [0.2, 0.25) is 0 Å². The van der Waals surface area contributed by atoms with Gasteiger partial charge in [0.25, 0.3) is 0 Å². The third kappa shape index (κ3) is 2.38. The molecular formula is C10H13F2N3O. The van der Waals surface area contributed by atoms with Crippen LogP contribution in [0, 0.1) is 0 Å². The van der Waals surface area contributed by atoms with Crippen molar-refractivity contribution in [1.29, 1.82) is 0 Å². The Morgan fingerprint density at radius 1 is 1.50 bits per heavy atom. The van der Waals surface area contributed by atoms with Crippen LogP contribution in [0.5, 0.6) is 5.75 Å². The molecule has 2 heterocycles. The highest BCUT2D eigenvalue weighted by atomic mass is 19.3. The predicted octanol–water partition coefficient (Wildman–Crippen LogP) is 1.09. The average Bonchev–Trinajstić information content (AvgIpc) is 2.15. The van der Waals surface area contributed by atoms with Gasteiger partial charge in [0.05, 0.1) is 12.2 Å². The summed E-state index contributed by atoms with van der Waals surface area (Å²) in [7, 11) is 1.93. The molecule has 0 aromatic carbocycles. The third-order valence-electron chi connectivity index (χ3n) is 2.61. The van der Waals surface area contributed by atoms with Crippen LogP contribution in [0.1, 0.15) is 0 Å². The van der Waals surface area contributed by atoms with E-state index in [2.05, 4.69) is 15.0 Å². The molecule has 0 bridgehead atoms. The Morgan fingerprint density at radius 2 is 2.25 bits per heavy atom. The van der Waals surface area contributed by atoms with Crippen LogP contribution in [-0.4, -0.2) is 37.8 Å². The minimum absolute atomic E-state index is 0.0823. The minimum Gasteiger partial charge on any atom is -0.433 e. The van der Waals surface area contributed by atoms with Gasteiger partial charge in [-0.2, -0.15) is 8.78 Å². The number of nitrogens with one attached hydrogen (secondary N) is 1. The molecule has 4 nitrogen and oxygen atoms in total. The Hall–Kier alpha value is -1.43. The van der Waals surface area contributed by atoms with E-state index in [4.69, 9.17) is 0 Å². The van der Waals surface area contributed by atoms with Gasteiger partial charge in [-0.1, -0.05) is 0 Å². The van der Waals surface area contributed by atoms with Crippen LogP contribution in [0.4, 0.5) is 14.6 Å². The van der Waals surface area contributed by atoms with Crippen molar-refractivity contribution in [3.05, 3.63) is 18.3 Å². The highest BCUT2D eigenvalue weighted by molar-refractivity contribution is 5.41. The van der Waals surface area contributed by atoms with Crippen LogP contribution in [-0.2, 0) is 0 Å². The van der Waals surface area contributed by atoms with E-state index < -0.39 is 6.61 Å². The molecule has 2 rings (SSSR count). The molecule has 0 radical (unpaired) electrons. The Morgan fingerprint density at radius 3 is 2.69 bits per heavy atom. The summed E-state index contributed by atoms with van der Waals surface area (Å²) in [5.41, 5.74) is 0. The fraction of sp³-hybridized carbons (Fsp3) is 0.500. The van der Waals surface area contributed by atoms with Gasteiger partial charge in [-0.15, -0.1) is 0 Å². The lowest BCUT2D eigenvalue weighted by atomic mass is 10.1. The lowest BCUT2D eigenvalue weighted by Gasteiger charge is -2.36. The number of alkyl halides is 2. The van der Waals surface area contributed by atoms with Gasteiger partial charge in [-0.05, 0) is 12.1 Å². The second-order valence-corrected chi connectivity index (χ2v) is 3.65. The number of likely N-dealkylation sites (N-methyl/N-ethyl adjacent to an activating group) is 1. The number of halogens is 2. The second-order valence-electron chi connectivity index (χ2n) is 3.65. The van der Waals surface area contributed by atoms with Crippen molar-refractivity contribution in [1.82, 2.24) is 10.3 Å². The molecule has 1 aromatic rings. The van der Waals surface area contributed by atoms with Crippen molar-refractivity contribution in [2.75, 3.05) is 25.0 Å². The van der Waals surface area contributed by atoms with Crippen LogP contribution in [0.3, 0.4) is 0 Å².